The number of carbonyl (C=O) groups excluding carboxylic acids is 1. The van der Waals surface area contributed by atoms with Crippen molar-refractivity contribution in [2.45, 2.75) is 53.0 Å². The molecule has 0 bridgehead atoms. The Kier molecular flexibility index (Phi) is 8.04. The van der Waals surface area contributed by atoms with E-state index in [9.17, 15) is 14.7 Å². The first-order chi connectivity index (χ1) is 13.3. The maximum Gasteiger partial charge on any atom is 0.315 e. The summed E-state index contributed by atoms with van der Waals surface area (Å²) in [5.74, 6) is 0.597. The molecule has 0 spiro atoms. The largest absolute Gasteiger partial charge is 0.508 e. The Morgan fingerprint density at radius 2 is 1.89 bits per heavy atom. The lowest BCUT2D eigenvalue weighted by Gasteiger charge is -2.10. The van der Waals surface area contributed by atoms with Crippen molar-refractivity contribution in [1.82, 2.24) is 20.6 Å². The van der Waals surface area contributed by atoms with Crippen LogP contribution in [0, 0.1) is 12.8 Å². The van der Waals surface area contributed by atoms with Crippen LogP contribution in [0.1, 0.15) is 49.3 Å². The topological polar surface area (TPSA) is 107 Å². The number of hydrogen-bond donors (Lipinski definition) is 4. The minimum absolute atomic E-state index is 0.0963. The number of amides is 2. The summed E-state index contributed by atoms with van der Waals surface area (Å²) in [6, 6.07) is 6.48. The number of phenolic OH excluding ortho intramolecular Hbond substituents is 1. The van der Waals surface area contributed by atoms with E-state index in [2.05, 4.69) is 34.4 Å². The highest BCUT2D eigenvalue weighted by Crippen LogP contribution is 2.09. The van der Waals surface area contributed by atoms with Crippen molar-refractivity contribution < 1.29 is 9.90 Å². The van der Waals surface area contributed by atoms with E-state index in [4.69, 9.17) is 0 Å². The summed E-state index contributed by atoms with van der Waals surface area (Å²) in [7, 11) is 0. The van der Waals surface area contributed by atoms with E-state index in [0.717, 1.165) is 36.2 Å². The van der Waals surface area contributed by atoms with E-state index >= 15 is 0 Å². The third-order valence-electron chi connectivity index (χ3n) is 4.40. The highest BCUT2D eigenvalue weighted by atomic mass is 16.3. The number of aryl methyl sites for hydroxylation is 2. The Labute approximate surface area is 165 Å². The fourth-order valence-corrected chi connectivity index (χ4v) is 2.88. The summed E-state index contributed by atoms with van der Waals surface area (Å²) in [4.78, 5) is 31.3. The Morgan fingerprint density at radius 3 is 2.57 bits per heavy atom. The molecule has 1 aromatic carbocycles. The van der Waals surface area contributed by atoms with E-state index in [1.54, 1.807) is 24.3 Å². The van der Waals surface area contributed by atoms with Crippen molar-refractivity contribution in [3.8, 4) is 5.75 Å². The van der Waals surface area contributed by atoms with Crippen LogP contribution >= 0.6 is 0 Å². The molecule has 7 heteroatoms. The number of carbonyl (C=O) groups is 1. The minimum atomic E-state index is -0.225. The number of urea groups is 1. The zero-order chi connectivity index (χ0) is 20.5. The number of aromatic hydroxyl groups is 1. The van der Waals surface area contributed by atoms with Gasteiger partial charge in [-0.1, -0.05) is 26.0 Å². The zero-order valence-electron chi connectivity index (χ0n) is 16.8. The van der Waals surface area contributed by atoms with Crippen LogP contribution in [0.25, 0.3) is 0 Å². The van der Waals surface area contributed by atoms with E-state index < -0.39 is 0 Å². The van der Waals surface area contributed by atoms with Crippen LogP contribution in [-0.4, -0.2) is 27.7 Å². The van der Waals surface area contributed by atoms with Gasteiger partial charge in [-0.3, -0.25) is 9.78 Å². The van der Waals surface area contributed by atoms with Crippen LogP contribution in [0.2, 0.25) is 0 Å². The molecule has 2 amide bonds. The SMILES string of the molecule is Cc1nc(CC(C)C)c(=O)[nH]c1CCCCNC(=O)NCc1ccc(O)cc1. The average molecular weight is 386 g/mol. The van der Waals surface area contributed by atoms with Gasteiger partial charge in [0, 0.05) is 18.8 Å². The molecule has 7 nitrogen and oxygen atoms in total. The van der Waals surface area contributed by atoms with Crippen LogP contribution in [0.4, 0.5) is 4.79 Å². The van der Waals surface area contributed by atoms with Crippen molar-refractivity contribution in [1.29, 1.82) is 0 Å². The number of benzene rings is 1. The van der Waals surface area contributed by atoms with Crippen LogP contribution in [0.5, 0.6) is 5.75 Å². The normalized spacial score (nSPS) is 10.9. The van der Waals surface area contributed by atoms with Gasteiger partial charge in [-0.2, -0.15) is 0 Å². The van der Waals surface area contributed by atoms with Crippen LogP contribution in [0.3, 0.4) is 0 Å². The standard InChI is InChI=1S/C21H30N4O3/c1-14(2)12-19-20(27)25-18(15(3)24-19)6-4-5-11-22-21(28)23-13-16-7-9-17(26)10-8-16/h7-10,14,26H,4-6,11-13H2,1-3H3,(H,25,27)(H2,22,23,28). The average Bonchev–Trinajstić information content (AvgIpc) is 2.64. The van der Waals surface area contributed by atoms with Crippen molar-refractivity contribution in [2.24, 2.45) is 5.92 Å². The molecule has 28 heavy (non-hydrogen) atoms. The third kappa shape index (κ3) is 7.06. The number of aromatic nitrogens is 2. The first-order valence-corrected chi connectivity index (χ1v) is 9.73. The smallest absolute Gasteiger partial charge is 0.315 e. The molecule has 0 fully saturated rings. The summed E-state index contributed by atoms with van der Waals surface area (Å²) in [6.45, 7) is 7.02. The van der Waals surface area contributed by atoms with Crippen molar-refractivity contribution in [3.05, 3.63) is 57.3 Å². The number of hydrogen-bond acceptors (Lipinski definition) is 4. The number of aromatic amines is 1. The van der Waals surface area contributed by atoms with Crippen molar-refractivity contribution >= 4 is 6.03 Å². The maximum atomic E-state index is 12.1. The summed E-state index contributed by atoms with van der Waals surface area (Å²) in [5.41, 5.74) is 3.16. The number of unbranched alkanes of at least 4 members (excludes halogenated alkanes) is 1. The quantitative estimate of drug-likeness (QED) is 0.497. The van der Waals surface area contributed by atoms with E-state index in [1.807, 2.05) is 6.92 Å². The predicted molar refractivity (Wildman–Crippen MR) is 109 cm³/mol. The van der Waals surface area contributed by atoms with Gasteiger partial charge >= 0.3 is 6.03 Å². The molecule has 4 N–H and O–H groups in total. The van der Waals surface area contributed by atoms with Gasteiger partial charge in [-0.05, 0) is 56.2 Å². The molecule has 152 valence electrons. The summed E-state index contributed by atoms with van der Waals surface area (Å²) < 4.78 is 0. The van der Waals surface area contributed by atoms with Gasteiger partial charge in [0.1, 0.15) is 11.4 Å². The lowest BCUT2D eigenvalue weighted by atomic mass is 10.1. The summed E-state index contributed by atoms with van der Waals surface area (Å²) in [5, 5.41) is 14.8. The first-order valence-electron chi connectivity index (χ1n) is 9.73. The third-order valence-corrected chi connectivity index (χ3v) is 4.40. The maximum absolute atomic E-state index is 12.1. The minimum Gasteiger partial charge on any atom is -0.508 e. The lowest BCUT2D eigenvalue weighted by molar-refractivity contribution is 0.240. The van der Waals surface area contributed by atoms with Gasteiger partial charge in [0.05, 0.1) is 5.69 Å². The molecule has 0 aliphatic rings. The number of H-pyrrole nitrogens is 1. The van der Waals surface area contributed by atoms with E-state index in [1.165, 1.54) is 0 Å². The second-order valence-corrected chi connectivity index (χ2v) is 7.41. The van der Waals surface area contributed by atoms with Crippen LogP contribution in [0.15, 0.2) is 29.1 Å². The van der Waals surface area contributed by atoms with Gasteiger partial charge in [-0.25, -0.2) is 4.79 Å². The summed E-state index contributed by atoms with van der Waals surface area (Å²) in [6.07, 6.45) is 3.06. The predicted octanol–water partition coefficient (Wildman–Crippen LogP) is 2.80. The van der Waals surface area contributed by atoms with E-state index in [-0.39, 0.29) is 17.3 Å². The Morgan fingerprint density at radius 1 is 1.18 bits per heavy atom. The van der Waals surface area contributed by atoms with Crippen molar-refractivity contribution in [3.63, 3.8) is 0 Å². The molecule has 1 heterocycles. The van der Waals surface area contributed by atoms with Gasteiger partial charge in [0.25, 0.3) is 5.56 Å². The second-order valence-electron chi connectivity index (χ2n) is 7.41. The van der Waals surface area contributed by atoms with Gasteiger partial charge in [0.2, 0.25) is 0 Å². The van der Waals surface area contributed by atoms with Gasteiger partial charge < -0.3 is 20.7 Å². The van der Waals surface area contributed by atoms with E-state index in [0.29, 0.717) is 31.1 Å². The molecule has 1 aromatic heterocycles. The highest BCUT2D eigenvalue weighted by Gasteiger charge is 2.09. The number of rotatable bonds is 9. The van der Waals surface area contributed by atoms with Gasteiger partial charge in [0.15, 0.2) is 0 Å². The molecule has 0 saturated carbocycles. The number of nitrogens with one attached hydrogen (secondary N) is 3. The monoisotopic (exact) mass is 386 g/mol. The van der Waals surface area contributed by atoms with Gasteiger partial charge in [-0.15, -0.1) is 0 Å². The Bertz CT molecular complexity index is 829. The molecular weight excluding hydrogens is 356 g/mol. The summed E-state index contributed by atoms with van der Waals surface area (Å²) >= 11 is 0. The van der Waals surface area contributed by atoms with Crippen LogP contribution < -0.4 is 16.2 Å². The molecule has 0 radical (unpaired) electrons. The number of phenols is 1. The van der Waals surface area contributed by atoms with Crippen molar-refractivity contribution in [2.75, 3.05) is 6.54 Å². The molecule has 0 aliphatic carbocycles. The second kappa shape index (κ2) is 10.5. The van der Waals surface area contributed by atoms with Crippen LogP contribution in [-0.2, 0) is 19.4 Å². The molecule has 0 unspecified atom stereocenters. The molecule has 0 saturated heterocycles. The Hall–Kier alpha value is -2.83. The fraction of sp³-hybridized carbons (Fsp3) is 0.476. The lowest BCUT2D eigenvalue weighted by Crippen LogP contribution is -2.35. The molecule has 2 rings (SSSR count). The highest BCUT2D eigenvalue weighted by molar-refractivity contribution is 5.73. The fourth-order valence-electron chi connectivity index (χ4n) is 2.88. The zero-order valence-corrected chi connectivity index (χ0v) is 16.8. The Balaban J connectivity index is 1.68. The molecule has 2 aromatic rings. The molecule has 0 atom stereocenters. The molecular formula is C21H30N4O3. The first kappa shape index (κ1) is 21.5. The molecule has 0 aliphatic heterocycles. The number of nitrogens with zero attached hydrogens (tertiary/aromatic N) is 1.